The fourth-order valence-corrected chi connectivity index (χ4v) is 3.74. The number of ether oxygens (including phenoxy) is 2. The van der Waals surface area contributed by atoms with Gasteiger partial charge in [0.15, 0.2) is 5.82 Å². The summed E-state index contributed by atoms with van der Waals surface area (Å²) in [4.78, 5) is 28.4. The van der Waals surface area contributed by atoms with Crippen molar-refractivity contribution in [3.05, 3.63) is 59.4 Å². The highest BCUT2D eigenvalue weighted by Gasteiger charge is 2.18. The van der Waals surface area contributed by atoms with Crippen LogP contribution in [-0.4, -0.2) is 34.2 Å². The van der Waals surface area contributed by atoms with Crippen LogP contribution in [0.1, 0.15) is 33.4 Å². The predicted molar refractivity (Wildman–Crippen MR) is 144 cm³/mol. The number of H-pyrrole nitrogens is 1. The number of fused-ring (bicyclic) bond motifs is 1. The highest BCUT2D eigenvalue weighted by atomic mass is 35.5. The average molecular weight is 523 g/mol. The van der Waals surface area contributed by atoms with Gasteiger partial charge in [-0.1, -0.05) is 32.4 Å². The molecule has 3 amide bonds. The van der Waals surface area contributed by atoms with Crippen molar-refractivity contribution in [3.8, 4) is 17.2 Å². The summed E-state index contributed by atoms with van der Waals surface area (Å²) in [6.07, 6.45) is 1.61. The number of pyridine rings is 1. The Morgan fingerprint density at radius 2 is 1.76 bits per heavy atom. The van der Waals surface area contributed by atoms with Crippen molar-refractivity contribution >= 4 is 51.6 Å². The van der Waals surface area contributed by atoms with E-state index in [9.17, 15) is 9.59 Å². The summed E-state index contributed by atoms with van der Waals surface area (Å²) < 4.78 is 11.4. The van der Waals surface area contributed by atoms with Gasteiger partial charge in [0.25, 0.3) is 0 Å². The first-order valence-corrected chi connectivity index (χ1v) is 11.8. The molecule has 4 N–H and O–H groups in total. The first-order chi connectivity index (χ1) is 17.5. The van der Waals surface area contributed by atoms with Crippen molar-refractivity contribution in [2.45, 2.75) is 33.1 Å². The maximum absolute atomic E-state index is 12.5. The SMILES string of the molecule is COc1cc2nccc(Oc3ccc(NC(=O)Nc4cc(C(C)(C)C)[nH]n4)c(Cl)c3)c2cc1NC(C)=O. The number of hydrogen-bond donors (Lipinski definition) is 4. The van der Waals surface area contributed by atoms with Crippen LogP contribution in [0.2, 0.25) is 5.02 Å². The van der Waals surface area contributed by atoms with Gasteiger partial charge in [-0.15, -0.1) is 0 Å². The third kappa shape index (κ3) is 6.10. The van der Waals surface area contributed by atoms with Crippen molar-refractivity contribution in [2.24, 2.45) is 0 Å². The van der Waals surface area contributed by atoms with E-state index in [1.165, 1.54) is 14.0 Å². The highest BCUT2D eigenvalue weighted by molar-refractivity contribution is 6.34. The maximum Gasteiger partial charge on any atom is 0.324 e. The zero-order chi connectivity index (χ0) is 26.7. The molecule has 0 saturated carbocycles. The topological polar surface area (TPSA) is 130 Å². The van der Waals surface area contributed by atoms with E-state index >= 15 is 0 Å². The standard InChI is InChI=1S/C26H27ClN6O4/c1-14(34)29-20-11-16-19(12-22(20)36-5)28-9-8-21(16)37-15-6-7-18(17(27)10-15)30-25(35)31-24-13-23(32-33-24)26(2,3)4/h6-13H,1-5H3,(H,29,34)(H3,30,31,32,33,35). The van der Waals surface area contributed by atoms with Gasteiger partial charge in [-0.2, -0.15) is 5.10 Å². The number of nitrogens with one attached hydrogen (secondary N) is 4. The lowest BCUT2D eigenvalue weighted by Crippen LogP contribution is -2.19. The molecule has 0 unspecified atom stereocenters. The molecule has 0 aliphatic rings. The lowest BCUT2D eigenvalue weighted by atomic mass is 9.92. The van der Waals surface area contributed by atoms with E-state index in [1.54, 1.807) is 48.7 Å². The molecule has 0 atom stereocenters. The molecule has 10 nitrogen and oxygen atoms in total. The first kappa shape index (κ1) is 25.8. The van der Waals surface area contributed by atoms with Gasteiger partial charge in [-0.3, -0.25) is 20.2 Å². The molecule has 0 bridgehead atoms. The van der Waals surface area contributed by atoms with E-state index in [4.69, 9.17) is 21.1 Å². The van der Waals surface area contributed by atoms with Gasteiger partial charge >= 0.3 is 6.03 Å². The summed E-state index contributed by atoms with van der Waals surface area (Å²) in [5.41, 5.74) is 2.29. The summed E-state index contributed by atoms with van der Waals surface area (Å²) >= 11 is 6.43. The number of carbonyl (C=O) groups excluding carboxylic acids is 2. The minimum atomic E-state index is -0.484. The molecule has 4 rings (SSSR count). The number of nitrogens with zero attached hydrogens (tertiary/aromatic N) is 2. The summed E-state index contributed by atoms with van der Waals surface area (Å²) in [6.45, 7) is 7.55. The number of aromatic nitrogens is 3. The molecular weight excluding hydrogens is 496 g/mol. The molecule has 4 aromatic rings. The van der Waals surface area contributed by atoms with Crippen molar-refractivity contribution in [2.75, 3.05) is 23.1 Å². The second kappa shape index (κ2) is 10.4. The second-order valence-electron chi connectivity index (χ2n) is 9.30. The highest BCUT2D eigenvalue weighted by Crippen LogP contribution is 2.37. The fourth-order valence-electron chi connectivity index (χ4n) is 3.52. The van der Waals surface area contributed by atoms with E-state index in [0.29, 0.717) is 45.3 Å². The summed E-state index contributed by atoms with van der Waals surface area (Å²) in [6, 6.07) is 11.4. The maximum atomic E-state index is 12.5. The number of benzene rings is 2. The van der Waals surface area contributed by atoms with Crippen molar-refractivity contribution in [1.29, 1.82) is 0 Å². The van der Waals surface area contributed by atoms with Gasteiger partial charge in [0, 0.05) is 47.8 Å². The van der Waals surface area contributed by atoms with Crippen LogP contribution in [0, 0.1) is 0 Å². The third-order valence-electron chi connectivity index (χ3n) is 5.38. The molecule has 2 heterocycles. The molecule has 0 aliphatic heterocycles. The van der Waals surface area contributed by atoms with E-state index in [-0.39, 0.29) is 16.3 Å². The quantitative estimate of drug-likeness (QED) is 0.234. The average Bonchev–Trinajstić information content (AvgIpc) is 3.29. The van der Waals surface area contributed by atoms with Gasteiger partial charge in [-0.25, -0.2) is 4.79 Å². The number of aromatic amines is 1. The zero-order valence-electron chi connectivity index (χ0n) is 21.0. The predicted octanol–water partition coefficient (Wildman–Crippen LogP) is 6.31. The van der Waals surface area contributed by atoms with Crippen molar-refractivity contribution in [1.82, 2.24) is 15.2 Å². The first-order valence-electron chi connectivity index (χ1n) is 11.4. The minimum absolute atomic E-state index is 0.125. The van der Waals surface area contributed by atoms with Crippen LogP contribution >= 0.6 is 11.6 Å². The molecule has 2 aromatic carbocycles. The normalized spacial score (nSPS) is 11.2. The molecule has 0 spiro atoms. The van der Waals surface area contributed by atoms with E-state index < -0.39 is 6.03 Å². The number of rotatable bonds is 6. The summed E-state index contributed by atoms with van der Waals surface area (Å²) in [5, 5.41) is 16.1. The largest absolute Gasteiger partial charge is 0.494 e. The van der Waals surface area contributed by atoms with Gasteiger partial charge in [-0.05, 0) is 24.3 Å². The molecule has 0 aliphatic carbocycles. The molecule has 37 heavy (non-hydrogen) atoms. The molecule has 0 radical (unpaired) electrons. The summed E-state index contributed by atoms with van der Waals surface area (Å²) in [5.74, 6) is 1.60. The molecule has 11 heteroatoms. The van der Waals surface area contributed by atoms with Gasteiger partial charge < -0.3 is 20.1 Å². The third-order valence-corrected chi connectivity index (χ3v) is 5.69. The van der Waals surface area contributed by atoms with Gasteiger partial charge in [0.1, 0.15) is 17.2 Å². The Morgan fingerprint density at radius 3 is 2.41 bits per heavy atom. The summed E-state index contributed by atoms with van der Waals surface area (Å²) in [7, 11) is 1.52. The lowest BCUT2D eigenvalue weighted by molar-refractivity contribution is -0.114. The fraction of sp³-hybridized carbons (Fsp3) is 0.231. The number of halogens is 1. The Hall–Kier alpha value is -4.31. The molecule has 0 fully saturated rings. The zero-order valence-corrected chi connectivity index (χ0v) is 21.8. The monoisotopic (exact) mass is 522 g/mol. The Labute approximate surface area is 218 Å². The van der Waals surface area contributed by atoms with Crippen LogP contribution in [0.5, 0.6) is 17.2 Å². The van der Waals surface area contributed by atoms with Gasteiger partial charge in [0.05, 0.1) is 29.0 Å². The minimum Gasteiger partial charge on any atom is -0.494 e. The number of anilines is 3. The van der Waals surface area contributed by atoms with Crippen LogP contribution in [0.15, 0.2) is 48.7 Å². The van der Waals surface area contributed by atoms with Crippen molar-refractivity contribution in [3.63, 3.8) is 0 Å². The number of hydrogen-bond acceptors (Lipinski definition) is 6. The van der Waals surface area contributed by atoms with Crippen LogP contribution in [0.3, 0.4) is 0 Å². The van der Waals surface area contributed by atoms with Crippen LogP contribution in [0.4, 0.5) is 22.0 Å². The lowest BCUT2D eigenvalue weighted by Gasteiger charge is -2.14. The van der Waals surface area contributed by atoms with Crippen LogP contribution in [0.25, 0.3) is 10.9 Å². The Kier molecular flexibility index (Phi) is 7.21. The Bertz CT molecular complexity index is 1480. The molecule has 2 aromatic heterocycles. The molecule has 0 saturated heterocycles. The van der Waals surface area contributed by atoms with Crippen LogP contribution in [-0.2, 0) is 10.2 Å². The Morgan fingerprint density at radius 1 is 0.973 bits per heavy atom. The molecular formula is C26H27ClN6O4. The number of urea groups is 1. The Balaban J connectivity index is 1.51. The smallest absolute Gasteiger partial charge is 0.324 e. The number of methoxy groups -OCH3 is 1. The molecule has 192 valence electrons. The van der Waals surface area contributed by atoms with Crippen LogP contribution < -0.4 is 25.4 Å². The van der Waals surface area contributed by atoms with Crippen molar-refractivity contribution < 1.29 is 19.1 Å². The number of amides is 3. The van der Waals surface area contributed by atoms with E-state index in [1.807, 2.05) is 20.8 Å². The van der Waals surface area contributed by atoms with E-state index in [0.717, 1.165) is 5.69 Å². The van der Waals surface area contributed by atoms with Gasteiger partial charge in [0.2, 0.25) is 5.91 Å². The van der Waals surface area contributed by atoms with E-state index in [2.05, 4.69) is 31.1 Å². The second-order valence-corrected chi connectivity index (χ2v) is 9.71. The number of carbonyl (C=O) groups is 2.